The van der Waals surface area contributed by atoms with Gasteiger partial charge in [0.15, 0.2) is 0 Å². The van der Waals surface area contributed by atoms with Crippen LogP contribution in [0.2, 0.25) is 0 Å². The molecule has 1 aromatic rings. The molecule has 0 saturated heterocycles. The molecule has 0 radical (unpaired) electrons. The van der Waals surface area contributed by atoms with Crippen LogP contribution in [-0.4, -0.2) is 6.54 Å². The molecule has 0 amide bonds. The molecular formula is C9H17ClN2S. The number of hydrogen-bond acceptors (Lipinski definition) is 3. The third kappa shape index (κ3) is 4.09. The number of rotatable bonds is 4. The van der Waals surface area contributed by atoms with Gasteiger partial charge in [-0.2, -0.15) is 0 Å². The molecule has 0 aliphatic rings. The Balaban J connectivity index is 0.00000144. The topological polar surface area (TPSA) is 52.0 Å². The van der Waals surface area contributed by atoms with Gasteiger partial charge in [-0.1, -0.05) is 0 Å². The molecule has 1 aromatic heterocycles. The van der Waals surface area contributed by atoms with E-state index in [0.29, 0.717) is 0 Å². The largest absolute Gasteiger partial charge is 0.330 e. The van der Waals surface area contributed by atoms with Crippen molar-refractivity contribution in [3.8, 4) is 0 Å². The molecule has 0 aliphatic carbocycles. The lowest BCUT2D eigenvalue weighted by Gasteiger charge is -2.07. The predicted molar refractivity (Wildman–Crippen MR) is 61.5 cm³/mol. The van der Waals surface area contributed by atoms with Crippen LogP contribution >= 0.6 is 23.7 Å². The lowest BCUT2D eigenvalue weighted by molar-refractivity contribution is 0.626. The molecule has 0 saturated carbocycles. The van der Waals surface area contributed by atoms with Gasteiger partial charge in [-0.25, -0.2) is 0 Å². The zero-order chi connectivity index (χ0) is 8.97. The van der Waals surface area contributed by atoms with Gasteiger partial charge in [0.1, 0.15) is 0 Å². The Bertz CT molecular complexity index is 237. The summed E-state index contributed by atoms with van der Waals surface area (Å²) < 4.78 is 0. The van der Waals surface area contributed by atoms with E-state index in [4.69, 9.17) is 11.5 Å². The Morgan fingerprint density at radius 1 is 1.46 bits per heavy atom. The van der Waals surface area contributed by atoms with Crippen molar-refractivity contribution in [2.75, 3.05) is 6.54 Å². The van der Waals surface area contributed by atoms with Crippen LogP contribution in [0.25, 0.3) is 0 Å². The van der Waals surface area contributed by atoms with Crippen LogP contribution in [0, 0.1) is 6.92 Å². The molecule has 0 bridgehead atoms. The van der Waals surface area contributed by atoms with E-state index in [2.05, 4.69) is 19.1 Å². The van der Waals surface area contributed by atoms with Gasteiger partial charge in [0, 0.05) is 15.8 Å². The van der Waals surface area contributed by atoms with E-state index < -0.39 is 0 Å². The SMILES string of the molecule is Cc1ccc([C@@H](N)CCCN)s1.Cl. The van der Waals surface area contributed by atoms with Crippen molar-refractivity contribution < 1.29 is 0 Å². The molecule has 1 atom stereocenters. The van der Waals surface area contributed by atoms with Crippen molar-refractivity contribution >= 4 is 23.7 Å². The van der Waals surface area contributed by atoms with Gasteiger partial charge >= 0.3 is 0 Å². The zero-order valence-electron chi connectivity index (χ0n) is 7.82. The quantitative estimate of drug-likeness (QED) is 0.818. The molecule has 1 heterocycles. The predicted octanol–water partition coefficient (Wildman–Crippen LogP) is 2.22. The molecule has 0 fully saturated rings. The zero-order valence-corrected chi connectivity index (χ0v) is 9.46. The summed E-state index contributed by atoms with van der Waals surface area (Å²) in [5, 5.41) is 0. The summed E-state index contributed by atoms with van der Waals surface area (Å²) in [6.45, 7) is 2.84. The Kier molecular flexibility index (Phi) is 6.33. The average molecular weight is 221 g/mol. The van der Waals surface area contributed by atoms with Crippen molar-refractivity contribution in [2.45, 2.75) is 25.8 Å². The van der Waals surface area contributed by atoms with Crippen LogP contribution in [-0.2, 0) is 0 Å². The van der Waals surface area contributed by atoms with Gasteiger partial charge in [0.25, 0.3) is 0 Å². The van der Waals surface area contributed by atoms with Crippen LogP contribution in [0.5, 0.6) is 0 Å². The first-order chi connectivity index (χ1) is 5.74. The summed E-state index contributed by atoms with van der Waals surface area (Å²) in [4.78, 5) is 2.61. The fourth-order valence-electron chi connectivity index (χ4n) is 1.13. The minimum Gasteiger partial charge on any atom is -0.330 e. The molecule has 4 N–H and O–H groups in total. The number of thiophene rings is 1. The molecule has 2 nitrogen and oxygen atoms in total. The fraction of sp³-hybridized carbons (Fsp3) is 0.556. The number of nitrogens with two attached hydrogens (primary N) is 2. The van der Waals surface area contributed by atoms with Crippen molar-refractivity contribution in [1.82, 2.24) is 0 Å². The first kappa shape index (κ1) is 12.9. The monoisotopic (exact) mass is 220 g/mol. The number of aryl methyl sites for hydroxylation is 1. The maximum atomic E-state index is 5.95. The molecule has 0 aromatic carbocycles. The van der Waals surface area contributed by atoms with E-state index in [0.717, 1.165) is 19.4 Å². The summed E-state index contributed by atoms with van der Waals surface area (Å²) in [6.07, 6.45) is 2.01. The highest BCUT2D eigenvalue weighted by Gasteiger charge is 2.06. The fourth-order valence-corrected chi connectivity index (χ4v) is 2.05. The van der Waals surface area contributed by atoms with E-state index in [1.807, 2.05) is 0 Å². The van der Waals surface area contributed by atoms with Crippen LogP contribution in [0.15, 0.2) is 12.1 Å². The van der Waals surface area contributed by atoms with Crippen molar-refractivity contribution in [2.24, 2.45) is 11.5 Å². The molecule has 0 unspecified atom stereocenters. The lowest BCUT2D eigenvalue weighted by Crippen LogP contribution is -2.10. The normalized spacial score (nSPS) is 12.2. The second-order valence-corrected chi connectivity index (χ2v) is 4.31. The standard InChI is InChI=1S/C9H16N2S.ClH/c1-7-4-5-9(12-7)8(11)3-2-6-10;/h4-5,8H,2-3,6,10-11H2,1H3;1H/t8-;/m0./s1. The maximum absolute atomic E-state index is 5.95. The summed E-state index contributed by atoms with van der Waals surface area (Å²) in [6, 6.07) is 4.41. The maximum Gasteiger partial charge on any atom is 0.0390 e. The number of halogens is 1. The highest BCUT2D eigenvalue weighted by molar-refractivity contribution is 7.12. The molecule has 0 aliphatic heterocycles. The Morgan fingerprint density at radius 3 is 2.62 bits per heavy atom. The summed E-state index contributed by atoms with van der Waals surface area (Å²) in [5.74, 6) is 0. The Labute approximate surface area is 89.7 Å². The van der Waals surface area contributed by atoms with Crippen molar-refractivity contribution in [3.05, 3.63) is 21.9 Å². The van der Waals surface area contributed by atoms with Gasteiger partial charge in [-0.05, 0) is 38.4 Å². The number of hydrogen-bond donors (Lipinski definition) is 2. The van der Waals surface area contributed by atoms with Gasteiger partial charge in [0.05, 0.1) is 0 Å². The average Bonchev–Trinajstić information content (AvgIpc) is 2.47. The summed E-state index contributed by atoms with van der Waals surface area (Å²) in [5.41, 5.74) is 11.4. The minimum absolute atomic E-state index is 0. The summed E-state index contributed by atoms with van der Waals surface area (Å²) in [7, 11) is 0. The van der Waals surface area contributed by atoms with E-state index in [1.54, 1.807) is 11.3 Å². The molecule has 4 heteroatoms. The highest BCUT2D eigenvalue weighted by Crippen LogP contribution is 2.23. The van der Waals surface area contributed by atoms with Crippen molar-refractivity contribution in [3.63, 3.8) is 0 Å². The minimum atomic E-state index is 0. The van der Waals surface area contributed by atoms with E-state index >= 15 is 0 Å². The molecule has 76 valence electrons. The molecule has 13 heavy (non-hydrogen) atoms. The first-order valence-corrected chi connectivity index (χ1v) is 5.07. The third-order valence-corrected chi connectivity index (χ3v) is 2.98. The molecule has 0 spiro atoms. The van der Waals surface area contributed by atoms with Gasteiger partial charge in [-0.15, -0.1) is 23.7 Å². The van der Waals surface area contributed by atoms with Crippen LogP contribution in [0.1, 0.15) is 28.6 Å². The smallest absolute Gasteiger partial charge is 0.0390 e. The van der Waals surface area contributed by atoms with Gasteiger partial charge < -0.3 is 11.5 Å². The van der Waals surface area contributed by atoms with Crippen molar-refractivity contribution in [1.29, 1.82) is 0 Å². The Hall–Kier alpha value is -0.0900. The third-order valence-electron chi connectivity index (χ3n) is 1.85. The van der Waals surface area contributed by atoms with Gasteiger partial charge in [0.2, 0.25) is 0 Å². The lowest BCUT2D eigenvalue weighted by atomic mass is 10.1. The summed E-state index contributed by atoms with van der Waals surface area (Å²) >= 11 is 1.78. The second kappa shape index (κ2) is 6.38. The van der Waals surface area contributed by atoms with Gasteiger partial charge in [-0.3, -0.25) is 0 Å². The first-order valence-electron chi connectivity index (χ1n) is 4.26. The van der Waals surface area contributed by atoms with Crippen LogP contribution < -0.4 is 11.5 Å². The Morgan fingerprint density at radius 2 is 2.15 bits per heavy atom. The van der Waals surface area contributed by atoms with E-state index in [9.17, 15) is 0 Å². The molecule has 1 rings (SSSR count). The molecular weight excluding hydrogens is 204 g/mol. The van der Waals surface area contributed by atoms with E-state index in [-0.39, 0.29) is 18.4 Å². The second-order valence-electron chi connectivity index (χ2n) is 2.99. The van der Waals surface area contributed by atoms with Crippen LogP contribution in [0.3, 0.4) is 0 Å². The van der Waals surface area contributed by atoms with E-state index in [1.165, 1.54) is 9.75 Å². The van der Waals surface area contributed by atoms with Crippen LogP contribution in [0.4, 0.5) is 0 Å². The highest BCUT2D eigenvalue weighted by atomic mass is 35.5.